The van der Waals surface area contributed by atoms with Crippen molar-refractivity contribution in [3.8, 4) is 0 Å². The van der Waals surface area contributed by atoms with Gasteiger partial charge >= 0.3 is 0 Å². The summed E-state index contributed by atoms with van der Waals surface area (Å²) < 4.78 is 2.04. The highest BCUT2D eigenvalue weighted by molar-refractivity contribution is 8.19. The molecule has 0 saturated carbocycles. The molecule has 0 aliphatic carbocycles. The smallest absolute Gasteiger partial charge is 0.270 e. The monoisotopic (exact) mass is 210 g/mol. The molecule has 2 rings (SSSR count). The molecule has 1 aliphatic rings. The van der Waals surface area contributed by atoms with Crippen molar-refractivity contribution in [1.29, 1.82) is 0 Å². The Bertz CT molecular complexity index is 335. The molecule has 0 aromatic heterocycles. The number of thioether (sulfide) groups is 1. The van der Waals surface area contributed by atoms with Gasteiger partial charge in [0.1, 0.15) is 0 Å². The summed E-state index contributed by atoms with van der Waals surface area (Å²) in [7, 11) is 1.99. The molecular weight excluding hydrogens is 200 g/mol. The summed E-state index contributed by atoms with van der Waals surface area (Å²) in [5.74, 6) is 0. The minimum atomic E-state index is 0.0557. The molecule has 0 saturated heterocycles. The first-order valence-corrected chi connectivity index (χ1v) is 5.37. The molecule has 0 bridgehead atoms. The lowest BCUT2D eigenvalue weighted by Gasteiger charge is -2.08. The maximum atomic E-state index is 5.15. The quantitative estimate of drug-likeness (QED) is 0.553. The van der Waals surface area contributed by atoms with Crippen LogP contribution in [0.1, 0.15) is 5.56 Å². The Morgan fingerprint density at radius 3 is 2.62 bits per heavy atom. The Labute approximate surface area is 87.4 Å². The summed E-state index contributed by atoms with van der Waals surface area (Å²) in [4.78, 5) is 0. The summed E-state index contributed by atoms with van der Waals surface area (Å²) in [6.45, 7) is 0. The zero-order valence-corrected chi connectivity index (χ0v) is 8.86. The number of nitrogens with one attached hydrogen (secondary N) is 1. The molecule has 0 spiro atoms. The van der Waals surface area contributed by atoms with Gasteiger partial charge in [0.05, 0.1) is 5.56 Å². The van der Waals surface area contributed by atoms with E-state index in [4.69, 9.17) is 12.6 Å². The van der Waals surface area contributed by atoms with Crippen molar-refractivity contribution in [3.63, 3.8) is 0 Å². The van der Waals surface area contributed by atoms with Gasteiger partial charge in [0.25, 0.3) is 5.04 Å². The predicted molar refractivity (Wildman–Crippen MR) is 58.6 cm³/mol. The Morgan fingerprint density at radius 1 is 1.38 bits per heavy atom. The van der Waals surface area contributed by atoms with Gasteiger partial charge in [0, 0.05) is 4.71 Å². The lowest BCUT2D eigenvalue weighted by Crippen LogP contribution is -2.26. The van der Waals surface area contributed by atoms with Gasteiger partial charge in [-0.15, -0.1) is 4.68 Å². The molecule has 1 aromatic carbocycles. The molecule has 0 radical (unpaired) electrons. The fourth-order valence-electron chi connectivity index (χ4n) is 1.27. The molecule has 1 atom stereocenters. The third kappa shape index (κ3) is 1.84. The average molecular weight is 210 g/mol. The standard InChI is InChI=1S/C9H10N2S2/c1-11-8(13-9(12)10-11)7-5-3-2-4-6-7/h2-6,9-10H,1H3. The molecule has 68 valence electrons. The second-order valence-electron chi connectivity index (χ2n) is 2.81. The van der Waals surface area contributed by atoms with Crippen LogP contribution in [0.15, 0.2) is 30.3 Å². The van der Waals surface area contributed by atoms with Gasteiger partial charge < -0.3 is 12.6 Å². The number of rotatable bonds is 1. The number of hydrazine groups is 1. The topological polar surface area (TPSA) is 15.0 Å². The highest BCUT2D eigenvalue weighted by Gasteiger charge is 2.22. The Kier molecular flexibility index (Phi) is 2.51. The van der Waals surface area contributed by atoms with Crippen LogP contribution in [0.4, 0.5) is 0 Å². The van der Waals surface area contributed by atoms with Gasteiger partial charge in [-0.3, -0.25) is 0 Å². The highest BCUT2D eigenvalue weighted by Crippen LogP contribution is 2.20. The first-order valence-electron chi connectivity index (χ1n) is 4.02. The van der Waals surface area contributed by atoms with E-state index in [1.54, 1.807) is 11.8 Å². The fourth-order valence-corrected chi connectivity index (χ4v) is 2.59. The van der Waals surface area contributed by atoms with E-state index >= 15 is 0 Å². The average Bonchev–Trinajstić information content (AvgIpc) is 2.47. The van der Waals surface area contributed by atoms with Crippen LogP contribution in [0, 0.1) is 0 Å². The molecule has 4 heteroatoms. The molecule has 1 aliphatic heterocycles. The molecule has 1 unspecified atom stereocenters. The highest BCUT2D eigenvalue weighted by atomic mass is 32.2. The van der Waals surface area contributed by atoms with E-state index in [2.05, 4.69) is 17.6 Å². The Morgan fingerprint density at radius 2 is 2.08 bits per heavy atom. The van der Waals surface area contributed by atoms with Crippen LogP contribution in [-0.4, -0.2) is 21.5 Å². The Balaban J connectivity index is 2.33. The molecule has 1 N–H and O–H groups in total. The normalized spacial score (nSPS) is 21.8. The van der Waals surface area contributed by atoms with Crippen LogP contribution in [0.5, 0.6) is 0 Å². The second-order valence-corrected chi connectivity index (χ2v) is 4.67. The zero-order valence-electron chi connectivity index (χ0n) is 7.23. The molecule has 0 fully saturated rings. The van der Waals surface area contributed by atoms with Crippen LogP contribution >= 0.6 is 11.8 Å². The third-order valence-electron chi connectivity index (χ3n) is 1.84. The summed E-state index contributed by atoms with van der Waals surface area (Å²) in [5, 5.41) is 1.20. The molecule has 13 heavy (non-hydrogen) atoms. The van der Waals surface area contributed by atoms with Crippen molar-refractivity contribution in [1.82, 2.24) is 5.43 Å². The van der Waals surface area contributed by atoms with E-state index in [1.807, 2.05) is 29.9 Å². The predicted octanol–water partition coefficient (Wildman–Crippen LogP) is 1.16. The van der Waals surface area contributed by atoms with Gasteiger partial charge in [-0.1, -0.05) is 30.0 Å². The zero-order chi connectivity index (χ0) is 9.26. The van der Waals surface area contributed by atoms with Crippen LogP contribution in [0.3, 0.4) is 0 Å². The largest absolute Gasteiger partial charge is 0.751 e. The molecule has 1 aromatic rings. The number of hydrogen-bond acceptors (Lipinski definition) is 3. The van der Waals surface area contributed by atoms with E-state index in [1.165, 1.54) is 10.6 Å². The van der Waals surface area contributed by atoms with Crippen molar-refractivity contribution < 1.29 is 4.68 Å². The van der Waals surface area contributed by atoms with Crippen molar-refractivity contribution in [2.45, 2.75) is 4.71 Å². The van der Waals surface area contributed by atoms with Gasteiger partial charge in [0.2, 0.25) is 0 Å². The lowest BCUT2D eigenvalue weighted by atomic mass is 10.2. The van der Waals surface area contributed by atoms with Crippen molar-refractivity contribution in [3.05, 3.63) is 35.9 Å². The number of hydrazone groups is 1. The summed E-state index contributed by atoms with van der Waals surface area (Å²) >= 11 is 6.82. The van der Waals surface area contributed by atoms with Gasteiger partial charge in [-0.2, -0.15) is 0 Å². The summed E-state index contributed by atoms with van der Waals surface area (Å²) in [5.41, 5.74) is 4.36. The molecule has 0 amide bonds. The molecule has 1 heterocycles. The second kappa shape index (κ2) is 3.64. The van der Waals surface area contributed by atoms with Crippen LogP contribution < -0.4 is 5.43 Å². The maximum absolute atomic E-state index is 5.15. The van der Waals surface area contributed by atoms with Crippen LogP contribution in [-0.2, 0) is 12.6 Å². The third-order valence-corrected chi connectivity index (χ3v) is 3.29. The van der Waals surface area contributed by atoms with E-state index in [-0.39, 0.29) is 4.71 Å². The minimum absolute atomic E-state index is 0.0557. The lowest BCUT2D eigenvalue weighted by molar-refractivity contribution is -0.551. The van der Waals surface area contributed by atoms with Gasteiger partial charge in [-0.05, 0) is 12.1 Å². The van der Waals surface area contributed by atoms with E-state index in [9.17, 15) is 0 Å². The van der Waals surface area contributed by atoms with E-state index in [0.717, 1.165) is 0 Å². The summed E-state index contributed by atoms with van der Waals surface area (Å²) in [6.07, 6.45) is 0. The number of benzene rings is 1. The number of hydrogen-bond donors (Lipinski definition) is 1. The van der Waals surface area contributed by atoms with Crippen LogP contribution in [0.2, 0.25) is 0 Å². The number of nitrogens with zero attached hydrogens (tertiary/aromatic N) is 1. The first kappa shape index (κ1) is 8.97. The maximum Gasteiger partial charge on any atom is 0.270 e. The van der Waals surface area contributed by atoms with E-state index in [0.29, 0.717) is 0 Å². The van der Waals surface area contributed by atoms with E-state index < -0.39 is 0 Å². The first-order chi connectivity index (χ1) is 6.27. The SMILES string of the molecule is C[N+]1=C(c2ccccc2)SC([S-])N1. The molecule has 2 nitrogen and oxygen atoms in total. The minimum Gasteiger partial charge on any atom is -0.751 e. The molecular formula is C9H10N2S2. The van der Waals surface area contributed by atoms with Gasteiger partial charge in [0.15, 0.2) is 7.05 Å². The van der Waals surface area contributed by atoms with Crippen molar-refractivity contribution >= 4 is 29.4 Å². The van der Waals surface area contributed by atoms with Crippen molar-refractivity contribution in [2.24, 2.45) is 0 Å². The van der Waals surface area contributed by atoms with Crippen molar-refractivity contribution in [2.75, 3.05) is 7.05 Å². The van der Waals surface area contributed by atoms with Gasteiger partial charge in [-0.25, -0.2) is 5.43 Å². The van der Waals surface area contributed by atoms with Crippen LogP contribution in [0.25, 0.3) is 0 Å². The summed E-state index contributed by atoms with van der Waals surface area (Å²) in [6, 6.07) is 10.3. The Hall–Kier alpha value is -0.610. The fraction of sp³-hybridized carbons (Fsp3) is 0.222.